The molecular formula is C61H113NO5. The molecule has 0 radical (unpaired) electrons. The van der Waals surface area contributed by atoms with Crippen molar-refractivity contribution in [1.82, 2.24) is 5.32 Å². The molecule has 0 aliphatic carbocycles. The monoisotopic (exact) mass is 940 g/mol. The summed E-state index contributed by atoms with van der Waals surface area (Å²) < 4.78 is 5.47. The SMILES string of the molecule is CCCCC/C=C\C/C=C\CCCCCCCCCC(=O)OCCCCCCCC/C=C\CCCCCC(=O)NC(CO)C(O)/C=C/CCCCCCCCCCCCCCCCCCCC. The van der Waals surface area contributed by atoms with Crippen molar-refractivity contribution in [3.8, 4) is 0 Å². The summed E-state index contributed by atoms with van der Waals surface area (Å²) >= 11 is 0. The molecule has 0 spiro atoms. The number of esters is 1. The van der Waals surface area contributed by atoms with Crippen LogP contribution in [0.15, 0.2) is 48.6 Å². The number of carbonyl (C=O) groups is 2. The van der Waals surface area contributed by atoms with Gasteiger partial charge in [0.05, 0.1) is 25.4 Å². The van der Waals surface area contributed by atoms with Crippen LogP contribution in [0.5, 0.6) is 0 Å². The largest absolute Gasteiger partial charge is 0.466 e. The molecule has 0 saturated heterocycles. The first kappa shape index (κ1) is 64.8. The molecule has 0 aromatic carbocycles. The molecule has 67 heavy (non-hydrogen) atoms. The van der Waals surface area contributed by atoms with Crippen LogP contribution in [0.1, 0.15) is 303 Å². The van der Waals surface area contributed by atoms with Gasteiger partial charge in [0.15, 0.2) is 0 Å². The molecule has 0 aliphatic rings. The molecule has 392 valence electrons. The average Bonchev–Trinajstić information content (AvgIpc) is 3.33. The maximum absolute atomic E-state index is 12.5. The lowest BCUT2D eigenvalue weighted by Gasteiger charge is -2.19. The van der Waals surface area contributed by atoms with E-state index in [0.29, 0.717) is 19.4 Å². The number of hydrogen-bond donors (Lipinski definition) is 3. The molecule has 1 amide bonds. The van der Waals surface area contributed by atoms with Crippen molar-refractivity contribution in [2.45, 2.75) is 315 Å². The quantitative estimate of drug-likeness (QED) is 0.0321. The summed E-state index contributed by atoms with van der Waals surface area (Å²) in [6.45, 7) is 4.84. The first-order chi connectivity index (χ1) is 33.0. The van der Waals surface area contributed by atoms with E-state index in [-0.39, 0.29) is 18.5 Å². The highest BCUT2D eigenvalue weighted by molar-refractivity contribution is 5.76. The highest BCUT2D eigenvalue weighted by Crippen LogP contribution is 2.16. The van der Waals surface area contributed by atoms with E-state index in [1.165, 1.54) is 199 Å². The van der Waals surface area contributed by atoms with Gasteiger partial charge in [0, 0.05) is 12.8 Å². The Morgan fingerprint density at radius 2 is 0.746 bits per heavy atom. The Bertz CT molecular complexity index is 1130. The summed E-state index contributed by atoms with van der Waals surface area (Å²) in [5.74, 6) is -0.119. The van der Waals surface area contributed by atoms with E-state index < -0.39 is 12.1 Å². The van der Waals surface area contributed by atoms with Crippen molar-refractivity contribution in [2.24, 2.45) is 0 Å². The standard InChI is InChI=1S/C61H113NO5/c1-3-5-7-9-11-13-15-17-19-21-22-23-25-26-29-33-37-41-45-49-53-59(64)58(57-63)62-60(65)54-50-46-42-38-34-30-28-32-36-40-44-48-52-56-67-61(66)55-51-47-43-39-35-31-27-24-20-18-16-14-12-10-8-6-4-2/h12,14,18,20,30,34,49,53,58-59,63-64H,3-11,13,15-17,19,21-29,31-33,35-48,50-52,54-57H2,1-2H3,(H,62,65)/b14-12-,20-18-,34-30-,53-49+. The zero-order valence-corrected chi connectivity index (χ0v) is 44.6. The minimum Gasteiger partial charge on any atom is -0.466 e. The lowest BCUT2D eigenvalue weighted by Crippen LogP contribution is -2.45. The Hall–Kier alpha value is -2.18. The van der Waals surface area contributed by atoms with E-state index in [4.69, 9.17) is 4.74 Å². The Morgan fingerprint density at radius 1 is 0.418 bits per heavy atom. The molecule has 0 bridgehead atoms. The van der Waals surface area contributed by atoms with Crippen LogP contribution in [0.3, 0.4) is 0 Å². The minimum absolute atomic E-state index is 0.0219. The van der Waals surface area contributed by atoms with E-state index in [2.05, 4.69) is 55.6 Å². The molecular weight excluding hydrogens is 827 g/mol. The molecule has 6 nitrogen and oxygen atoms in total. The number of ether oxygens (including phenoxy) is 1. The van der Waals surface area contributed by atoms with Gasteiger partial charge >= 0.3 is 5.97 Å². The van der Waals surface area contributed by atoms with Gasteiger partial charge in [-0.1, -0.05) is 249 Å². The van der Waals surface area contributed by atoms with Gasteiger partial charge in [0.1, 0.15) is 0 Å². The third-order valence-corrected chi connectivity index (χ3v) is 13.3. The van der Waals surface area contributed by atoms with Crippen molar-refractivity contribution >= 4 is 11.9 Å². The zero-order chi connectivity index (χ0) is 48.6. The van der Waals surface area contributed by atoms with E-state index >= 15 is 0 Å². The number of aliphatic hydroxyl groups excluding tert-OH is 2. The predicted molar refractivity (Wildman–Crippen MR) is 292 cm³/mol. The van der Waals surface area contributed by atoms with Crippen molar-refractivity contribution in [3.05, 3.63) is 48.6 Å². The van der Waals surface area contributed by atoms with Gasteiger partial charge in [-0.15, -0.1) is 0 Å². The number of aliphatic hydroxyl groups is 2. The Balaban J connectivity index is 3.53. The fourth-order valence-corrected chi connectivity index (χ4v) is 8.78. The Morgan fingerprint density at radius 3 is 1.19 bits per heavy atom. The number of hydrogen-bond acceptors (Lipinski definition) is 5. The second kappa shape index (κ2) is 56.4. The van der Waals surface area contributed by atoms with Crippen LogP contribution in [0.25, 0.3) is 0 Å². The molecule has 0 aliphatic heterocycles. The molecule has 2 unspecified atom stereocenters. The number of allylic oxidation sites excluding steroid dienone is 7. The molecule has 0 aromatic rings. The molecule has 2 atom stereocenters. The first-order valence-corrected chi connectivity index (χ1v) is 29.4. The maximum atomic E-state index is 12.5. The third kappa shape index (κ3) is 53.0. The van der Waals surface area contributed by atoms with Gasteiger partial charge in [-0.3, -0.25) is 9.59 Å². The van der Waals surface area contributed by atoms with Crippen molar-refractivity contribution in [3.63, 3.8) is 0 Å². The molecule has 0 saturated carbocycles. The van der Waals surface area contributed by atoms with E-state index in [1.54, 1.807) is 6.08 Å². The van der Waals surface area contributed by atoms with Gasteiger partial charge in [-0.25, -0.2) is 0 Å². The van der Waals surface area contributed by atoms with Gasteiger partial charge < -0.3 is 20.3 Å². The predicted octanol–water partition coefficient (Wildman–Crippen LogP) is 18.2. The normalized spacial score (nSPS) is 13.0. The fourth-order valence-electron chi connectivity index (χ4n) is 8.78. The fraction of sp³-hybridized carbons (Fsp3) is 0.836. The summed E-state index contributed by atoms with van der Waals surface area (Å²) in [7, 11) is 0. The van der Waals surface area contributed by atoms with E-state index in [9.17, 15) is 19.8 Å². The van der Waals surface area contributed by atoms with Crippen LogP contribution in [0.2, 0.25) is 0 Å². The molecule has 0 aromatic heterocycles. The summed E-state index contributed by atoms with van der Waals surface area (Å²) in [5.41, 5.74) is 0. The highest BCUT2D eigenvalue weighted by Gasteiger charge is 2.18. The molecule has 6 heteroatoms. The third-order valence-electron chi connectivity index (χ3n) is 13.3. The lowest BCUT2D eigenvalue weighted by molar-refractivity contribution is -0.143. The van der Waals surface area contributed by atoms with Crippen molar-refractivity contribution in [2.75, 3.05) is 13.2 Å². The van der Waals surface area contributed by atoms with E-state index in [1.807, 2.05) is 6.08 Å². The van der Waals surface area contributed by atoms with Crippen molar-refractivity contribution < 1.29 is 24.5 Å². The number of nitrogens with one attached hydrogen (secondary N) is 1. The molecule has 3 N–H and O–H groups in total. The van der Waals surface area contributed by atoms with E-state index in [0.717, 1.165) is 77.0 Å². The first-order valence-electron chi connectivity index (χ1n) is 29.4. The van der Waals surface area contributed by atoms with Crippen LogP contribution >= 0.6 is 0 Å². The molecule has 0 fully saturated rings. The van der Waals surface area contributed by atoms with Gasteiger partial charge in [-0.2, -0.15) is 0 Å². The van der Waals surface area contributed by atoms with Crippen LogP contribution < -0.4 is 5.32 Å². The van der Waals surface area contributed by atoms with Crippen molar-refractivity contribution in [1.29, 1.82) is 0 Å². The molecule has 0 rings (SSSR count). The number of unbranched alkanes of at least 4 members (excludes halogenated alkanes) is 37. The topological polar surface area (TPSA) is 95.9 Å². The smallest absolute Gasteiger partial charge is 0.305 e. The van der Waals surface area contributed by atoms with Crippen LogP contribution in [0.4, 0.5) is 0 Å². The van der Waals surface area contributed by atoms with Gasteiger partial charge in [0.2, 0.25) is 5.91 Å². The summed E-state index contributed by atoms with van der Waals surface area (Å²) in [4.78, 5) is 24.5. The number of carbonyl (C=O) groups excluding carboxylic acids is 2. The second-order valence-corrected chi connectivity index (χ2v) is 20.0. The maximum Gasteiger partial charge on any atom is 0.305 e. The van der Waals surface area contributed by atoms with Gasteiger partial charge in [0.25, 0.3) is 0 Å². The summed E-state index contributed by atoms with van der Waals surface area (Å²) in [6.07, 6.45) is 71.3. The number of rotatable bonds is 54. The second-order valence-electron chi connectivity index (χ2n) is 20.0. The Labute approximate surface area is 416 Å². The highest BCUT2D eigenvalue weighted by atomic mass is 16.5. The summed E-state index contributed by atoms with van der Waals surface area (Å²) in [6, 6.07) is -0.650. The molecule has 0 heterocycles. The zero-order valence-electron chi connectivity index (χ0n) is 44.6. The summed E-state index contributed by atoms with van der Waals surface area (Å²) in [5, 5.41) is 23.1. The van der Waals surface area contributed by atoms with Crippen LogP contribution in [0, 0.1) is 0 Å². The average molecular weight is 941 g/mol. The minimum atomic E-state index is -0.864. The number of amides is 1. The lowest BCUT2D eigenvalue weighted by atomic mass is 10.0. The van der Waals surface area contributed by atoms with Gasteiger partial charge in [-0.05, 0) is 89.9 Å². The van der Waals surface area contributed by atoms with Crippen LogP contribution in [-0.2, 0) is 14.3 Å². The Kier molecular flexibility index (Phi) is 54.6. The van der Waals surface area contributed by atoms with Crippen LogP contribution in [-0.4, -0.2) is 47.4 Å².